The zero-order valence-corrected chi connectivity index (χ0v) is 16.0. The van der Waals surface area contributed by atoms with E-state index in [9.17, 15) is 9.59 Å². The molecule has 0 spiro atoms. The standard InChI is InChI=1S/C20H19BrN2O3/c1-2-11-23-19(24)17(22-20(23)25)12-15-5-3-4-6-18(15)26-13-14-7-9-16(21)10-8-14/h3-10,12H,2,11,13H2,1H3,(H,22,25)/b17-12+. The second-order valence-corrected chi connectivity index (χ2v) is 6.81. The molecule has 5 nitrogen and oxygen atoms in total. The van der Waals surface area contributed by atoms with Crippen molar-refractivity contribution in [2.45, 2.75) is 20.0 Å². The number of carbonyl (C=O) groups excluding carboxylic acids is 2. The van der Waals surface area contributed by atoms with E-state index < -0.39 is 0 Å². The molecule has 26 heavy (non-hydrogen) atoms. The normalized spacial score (nSPS) is 15.5. The monoisotopic (exact) mass is 414 g/mol. The second-order valence-electron chi connectivity index (χ2n) is 5.90. The first-order valence-electron chi connectivity index (χ1n) is 8.39. The minimum absolute atomic E-state index is 0.267. The number of nitrogens with one attached hydrogen (secondary N) is 1. The SMILES string of the molecule is CCCN1C(=O)N/C(=C/c2ccccc2OCc2ccc(Br)cc2)C1=O. The fourth-order valence-electron chi connectivity index (χ4n) is 2.63. The topological polar surface area (TPSA) is 58.6 Å². The molecule has 1 saturated heterocycles. The van der Waals surface area contributed by atoms with Crippen molar-refractivity contribution in [2.24, 2.45) is 0 Å². The van der Waals surface area contributed by atoms with Crippen LogP contribution in [0.25, 0.3) is 6.08 Å². The molecular formula is C20H19BrN2O3. The lowest BCUT2D eigenvalue weighted by Gasteiger charge is -2.10. The smallest absolute Gasteiger partial charge is 0.329 e. The summed E-state index contributed by atoms with van der Waals surface area (Å²) in [7, 11) is 0. The van der Waals surface area contributed by atoms with E-state index in [0.29, 0.717) is 18.9 Å². The Kier molecular flexibility index (Phi) is 5.73. The van der Waals surface area contributed by atoms with Crippen LogP contribution < -0.4 is 10.1 Å². The number of halogens is 1. The van der Waals surface area contributed by atoms with E-state index in [4.69, 9.17) is 4.74 Å². The first kappa shape index (κ1) is 18.2. The van der Waals surface area contributed by atoms with Gasteiger partial charge in [-0.1, -0.05) is 53.2 Å². The zero-order valence-electron chi connectivity index (χ0n) is 14.4. The quantitative estimate of drug-likeness (QED) is 0.565. The molecule has 1 aliphatic heterocycles. The van der Waals surface area contributed by atoms with Gasteiger partial charge in [0.2, 0.25) is 0 Å². The maximum atomic E-state index is 12.4. The molecule has 0 bridgehead atoms. The molecule has 2 aromatic carbocycles. The Morgan fingerprint density at radius 3 is 2.58 bits per heavy atom. The zero-order chi connectivity index (χ0) is 18.5. The van der Waals surface area contributed by atoms with Crippen LogP contribution in [0, 0.1) is 0 Å². The summed E-state index contributed by atoms with van der Waals surface area (Å²) in [4.78, 5) is 25.5. The van der Waals surface area contributed by atoms with Crippen LogP contribution in [0.2, 0.25) is 0 Å². The van der Waals surface area contributed by atoms with E-state index >= 15 is 0 Å². The van der Waals surface area contributed by atoms with Gasteiger partial charge in [-0.15, -0.1) is 0 Å². The lowest BCUT2D eigenvalue weighted by Crippen LogP contribution is -2.31. The maximum Gasteiger partial charge on any atom is 0.329 e. The van der Waals surface area contributed by atoms with Crippen LogP contribution in [0.5, 0.6) is 5.75 Å². The van der Waals surface area contributed by atoms with Crippen molar-refractivity contribution in [1.29, 1.82) is 0 Å². The van der Waals surface area contributed by atoms with Crippen LogP contribution >= 0.6 is 15.9 Å². The Labute approximate surface area is 160 Å². The highest BCUT2D eigenvalue weighted by molar-refractivity contribution is 9.10. The fourth-order valence-corrected chi connectivity index (χ4v) is 2.89. The van der Waals surface area contributed by atoms with Gasteiger partial charge in [0.25, 0.3) is 5.91 Å². The number of hydrogen-bond donors (Lipinski definition) is 1. The van der Waals surface area contributed by atoms with Gasteiger partial charge in [0.15, 0.2) is 0 Å². The molecular weight excluding hydrogens is 396 g/mol. The number of ether oxygens (including phenoxy) is 1. The third kappa shape index (κ3) is 4.14. The van der Waals surface area contributed by atoms with Gasteiger partial charge in [0, 0.05) is 16.6 Å². The van der Waals surface area contributed by atoms with Gasteiger partial charge in [0.05, 0.1) is 0 Å². The molecule has 0 saturated carbocycles. The Morgan fingerprint density at radius 2 is 1.85 bits per heavy atom. The summed E-state index contributed by atoms with van der Waals surface area (Å²) in [5, 5.41) is 2.63. The molecule has 0 atom stereocenters. The predicted octanol–water partition coefficient (Wildman–Crippen LogP) is 4.33. The van der Waals surface area contributed by atoms with Crippen LogP contribution in [-0.4, -0.2) is 23.4 Å². The van der Waals surface area contributed by atoms with Gasteiger partial charge in [0.1, 0.15) is 18.1 Å². The van der Waals surface area contributed by atoms with Gasteiger partial charge >= 0.3 is 6.03 Å². The first-order valence-corrected chi connectivity index (χ1v) is 9.18. The molecule has 134 valence electrons. The molecule has 0 aromatic heterocycles. The van der Waals surface area contributed by atoms with E-state index in [0.717, 1.165) is 22.0 Å². The van der Waals surface area contributed by atoms with Crippen LogP contribution in [0.15, 0.2) is 58.7 Å². The third-order valence-corrected chi connectivity index (χ3v) is 4.46. The molecule has 1 aliphatic rings. The number of hydrogen-bond acceptors (Lipinski definition) is 3. The number of imide groups is 1. The summed E-state index contributed by atoms with van der Waals surface area (Å²) < 4.78 is 6.92. The summed E-state index contributed by atoms with van der Waals surface area (Å²) in [5.74, 6) is 0.346. The fraction of sp³-hybridized carbons (Fsp3) is 0.200. The van der Waals surface area contributed by atoms with Crippen LogP contribution in [0.1, 0.15) is 24.5 Å². The van der Waals surface area contributed by atoms with Gasteiger partial charge in [-0.05, 0) is 36.3 Å². The van der Waals surface area contributed by atoms with E-state index in [1.807, 2.05) is 55.5 Å². The summed E-state index contributed by atoms with van der Waals surface area (Å²) in [6, 6.07) is 14.9. The number of benzene rings is 2. The molecule has 0 aliphatic carbocycles. The largest absolute Gasteiger partial charge is 0.488 e. The minimum atomic E-state index is -0.378. The third-order valence-electron chi connectivity index (χ3n) is 3.94. The van der Waals surface area contributed by atoms with Crippen molar-refractivity contribution in [2.75, 3.05) is 6.54 Å². The van der Waals surface area contributed by atoms with Crippen LogP contribution in [0.3, 0.4) is 0 Å². The molecule has 1 heterocycles. The van der Waals surface area contributed by atoms with Crippen LogP contribution in [-0.2, 0) is 11.4 Å². The van der Waals surface area contributed by atoms with Crippen molar-refractivity contribution < 1.29 is 14.3 Å². The van der Waals surface area contributed by atoms with Gasteiger partial charge in [-0.3, -0.25) is 9.69 Å². The molecule has 0 unspecified atom stereocenters. The van der Waals surface area contributed by atoms with Gasteiger partial charge < -0.3 is 10.1 Å². The van der Waals surface area contributed by atoms with E-state index in [-0.39, 0.29) is 17.6 Å². The molecule has 0 radical (unpaired) electrons. The Hall–Kier alpha value is -2.60. The lowest BCUT2D eigenvalue weighted by atomic mass is 10.1. The van der Waals surface area contributed by atoms with Crippen molar-refractivity contribution in [3.05, 3.63) is 69.8 Å². The van der Waals surface area contributed by atoms with Gasteiger partial charge in [-0.25, -0.2) is 4.79 Å². The molecule has 3 amide bonds. The van der Waals surface area contributed by atoms with Crippen molar-refractivity contribution in [1.82, 2.24) is 10.2 Å². The van der Waals surface area contributed by atoms with Gasteiger partial charge in [-0.2, -0.15) is 0 Å². The minimum Gasteiger partial charge on any atom is -0.488 e. The number of para-hydroxylation sites is 1. The van der Waals surface area contributed by atoms with Crippen LogP contribution in [0.4, 0.5) is 4.79 Å². The van der Waals surface area contributed by atoms with E-state index in [1.165, 1.54) is 4.90 Å². The van der Waals surface area contributed by atoms with E-state index in [2.05, 4.69) is 21.2 Å². The highest BCUT2D eigenvalue weighted by Crippen LogP contribution is 2.24. The number of nitrogens with zero attached hydrogens (tertiary/aromatic N) is 1. The van der Waals surface area contributed by atoms with Crippen molar-refractivity contribution in [3.8, 4) is 5.75 Å². The number of rotatable bonds is 6. The predicted molar refractivity (Wildman–Crippen MR) is 103 cm³/mol. The second kappa shape index (κ2) is 8.19. The van der Waals surface area contributed by atoms with Crippen molar-refractivity contribution in [3.63, 3.8) is 0 Å². The first-order chi connectivity index (χ1) is 12.6. The summed E-state index contributed by atoms with van der Waals surface area (Å²) in [5.41, 5.74) is 2.05. The Morgan fingerprint density at radius 1 is 1.12 bits per heavy atom. The Bertz CT molecular complexity index is 846. The van der Waals surface area contributed by atoms with Crippen molar-refractivity contribution >= 4 is 33.9 Å². The molecule has 2 aromatic rings. The molecule has 6 heteroatoms. The van der Waals surface area contributed by atoms with E-state index in [1.54, 1.807) is 6.08 Å². The highest BCUT2D eigenvalue weighted by Gasteiger charge is 2.32. The highest BCUT2D eigenvalue weighted by atomic mass is 79.9. The lowest BCUT2D eigenvalue weighted by molar-refractivity contribution is -0.122. The molecule has 1 N–H and O–H groups in total. The average molecular weight is 415 g/mol. The summed E-state index contributed by atoms with van der Waals surface area (Å²) in [6.45, 7) is 2.74. The Balaban J connectivity index is 1.78. The summed E-state index contributed by atoms with van der Waals surface area (Å²) >= 11 is 3.41. The number of carbonyl (C=O) groups is 2. The molecule has 3 rings (SSSR count). The number of urea groups is 1. The maximum absolute atomic E-state index is 12.4. The average Bonchev–Trinajstić information content (AvgIpc) is 2.90. The number of amides is 3. The summed E-state index contributed by atoms with van der Waals surface area (Å²) in [6.07, 6.45) is 2.38. The molecule has 1 fully saturated rings.